The molecule has 0 fully saturated rings. The molecule has 3 aromatic carbocycles. The van der Waals surface area contributed by atoms with Gasteiger partial charge in [0.15, 0.2) is 0 Å². The maximum absolute atomic E-state index is 14.4. The Bertz CT molecular complexity index is 1000. The Morgan fingerprint density at radius 3 is 2.19 bits per heavy atom. The number of aryl methyl sites for hydroxylation is 1. The highest BCUT2D eigenvalue weighted by atomic mass is 35.5. The normalized spacial score (nSPS) is 10.6. The highest BCUT2D eigenvalue weighted by molar-refractivity contribution is 6.42. The Morgan fingerprint density at radius 1 is 0.852 bits per heavy atom. The minimum atomic E-state index is -0.862. The minimum absolute atomic E-state index is 0.0273. The average molecular weight is 426 g/mol. The monoisotopic (exact) mass is 424 g/mol. The Kier molecular flexibility index (Phi) is 5.90. The molecule has 3 rings (SSSR count). The molecule has 0 aliphatic heterocycles. The largest absolute Gasteiger partial charge is 0.456 e. The Balaban J connectivity index is 1.82. The van der Waals surface area contributed by atoms with Gasteiger partial charge < -0.3 is 9.47 Å². The number of rotatable bonds is 4. The lowest BCUT2D eigenvalue weighted by Crippen LogP contribution is -2.11. The number of hydrogen-bond donors (Lipinski definition) is 0. The van der Waals surface area contributed by atoms with E-state index in [0.29, 0.717) is 16.5 Å². The third kappa shape index (κ3) is 4.72. The summed E-state index contributed by atoms with van der Waals surface area (Å²) in [5.41, 5.74) is 0.704. The van der Waals surface area contributed by atoms with E-state index in [-0.39, 0.29) is 21.4 Å². The second-order valence-electron chi connectivity index (χ2n) is 5.64. The van der Waals surface area contributed by atoms with Crippen LogP contribution in [0.5, 0.6) is 17.2 Å². The fourth-order valence-electron chi connectivity index (χ4n) is 2.20. The maximum Gasteiger partial charge on any atom is 0.346 e. The van der Waals surface area contributed by atoms with E-state index in [1.165, 1.54) is 12.1 Å². The van der Waals surface area contributed by atoms with Crippen LogP contribution in [-0.4, -0.2) is 5.97 Å². The first kappa shape index (κ1) is 19.5. The molecule has 3 aromatic rings. The zero-order valence-corrected chi connectivity index (χ0v) is 16.2. The van der Waals surface area contributed by atoms with Gasteiger partial charge >= 0.3 is 5.97 Å². The van der Waals surface area contributed by atoms with Gasteiger partial charge in [-0.25, -0.2) is 9.18 Å². The molecule has 0 aliphatic rings. The highest BCUT2D eigenvalue weighted by Gasteiger charge is 2.18. The molecule has 0 N–H and O–H groups in total. The predicted molar refractivity (Wildman–Crippen MR) is 104 cm³/mol. The topological polar surface area (TPSA) is 35.5 Å². The summed E-state index contributed by atoms with van der Waals surface area (Å²) in [5, 5.41) is 0.679. The molecular formula is C20H12Cl3FO3. The molecule has 0 spiro atoms. The number of esters is 1. The number of halogens is 4. The average Bonchev–Trinajstić information content (AvgIpc) is 2.63. The van der Waals surface area contributed by atoms with Crippen LogP contribution in [0.4, 0.5) is 4.39 Å². The number of carbonyl (C=O) groups excluding carboxylic acids is 1. The number of hydrogen-bond acceptors (Lipinski definition) is 3. The molecular weight excluding hydrogens is 414 g/mol. The molecule has 0 aliphatic carbocycles. The number of benzene rings is 3. The summed E-state index contributed by atoms with van der Waals surface area (Å²) < 4.78 is 25.1. The first-order valence-electron chi connectivity index (χ1n) is 7.74. The summed E-state index contributed by atoms with van der Waals surface area (Å²) in [6.07, 6.45) is 0. The Hall–Kier alpha value is -2.27. The molecule has 0 heterocycles. The van der Waals surface area contributed by atoms with E-state index in [4.69, 9.17) is 44.3 Å². The summed E-state index contributed by atoms with van der Waals surface area (Å²) >= 11 is 17.9. The van der Waals surface area contributed by atoms with Crippen LogP contribution in [-0.2, 0) is 0 Å². The van der Waals surface area contributed by atoms with Crippen molar-refractivity contribution in [3.63, 3.8) is 0 Å². The third-order valence-corrected chi connectivity index (χ3v) is 4.63. The van der Waals surface area contributed by atoms with E-state index >= 15 is 0 Å². The molecule has 0 bridgehead atoms. The highest BCUT2D eigenvalue weighted by Crippen LogP contribution is 2.34. The van der Waals surface area contributed by atoms with Gasteiger partial charge in [0, 0.05) is 12.1 Å². The Morgan fingerprint density at radius 2 is 1.52 bits per heavy atom. The van der Waals surface area contributed by atoms with Crippen molar-refractivity contribution in [3.8, 4) is 17.2 Å². The second kappa shape index (κ2) is 8.17. The molecule has 0 radical (unpaired) electrons. The van der Waals surface area contributed by atoms with Crippen molar-refractivity contribution in [3.05, 3.63) is 86.6 Å². The number of carbonyl (C=O) groups is 1. The van der Waals surface area contributed by atoms with E-state index < -0.39 is 11.8 Å². The summed E-state index contributed by atoms with van der Waals surface area (Å²) in [4.78, 5) is 12.2. The molecule has 0 atom stereocenters. The lowest BCUT2D eigenvalue weighted by Gasteiger charge is -2.11. The van der Waals surface area contributed by atoms with Crippen LogP contribution >= 0.6 is 34.8 Å². The van der Waals surface area contributed by atoms with Gasteiger partial charge in [0.25, 0.3) is 0 Å². The molecule has 7 heteroatoms. The van der Waals surface area contributed by atoms with Gasteiger partial charge in [0.2, 0.25) is 0 Å². The van der Waals surface area contributed by atoms with E-state index in [1.807, 2.05) is 6.92 Å². The fraction of sp³-hybridized carbons (Fsp3) is 0.0500. The van der Waals surface area contributed by atoms with Gasteiger partial charge in [-0.2, -0.15) is 0 Å². The van der Waals surface area contributed by atoms with Crippen LogP contribution < -0.4 is 9.47 Å². The summed E-state index contributed by atoms with van der Waals surface area (Å²) in [6.45, 7) is 1.90. The Labute approximate surface area is 170 Å². The van der Waals surface area contributed by atoms with Gasteiger partial charge in [-0.3, -0.25) is 0 Å². The fourth-order valence-corrected chi connectivity index (χ4v) is 2.69. The summed E-state index contributed by atoms with van der Waals surface area (Å²) in [6, 6.07) is 13.5. The van der Waals surface area contributed by atoms with Crippen LogP contribution in [0.25, 0.3) is 0 Å². The minimum Gasteiger partial charge on any atom is -0.456 e. The predicted octanol–water partition coefficient (Wildman–Crippen LogP) is 7.11. The van der Waals surface area contributed by atoms with Crippen LogP contribution in [0.3, 0.4) is 0 Å². The summed E-state index contributed by atoms with van der Waals surface area (Å²) in [7, 11) is 0. The SMILES string of the molecule is Cc1ccc(OC(=O)c2cc(Cl)c(Oc3ccc(Cl)c(Cl)c3)cc2F)cc1. The summed E-state index contributed by atoms with van der Waals surface area (Å²) in [5.74, 6) is -1.04. The van der Waals surface area contributed by atoms with Gasteiger partial charge in [0.1, 0.15) is 23.1 Å². The van der Waals surface area contributed by atoms with Gasteiger partial charge in [-0.15, -0.1) is 0 Å². The molecule has 3 nitrogen and oxygen atoms in total. The van der Waals surface area contributed by atoms with Crippen molar-refractivity contribution in [2.45, 2.75) is 6.92 Å². The van der Waals surface area contributed by atoms with Crippen molar-refractivity contribution < 1.29 is 18.7 Å². The van der Waals surface area contributed by atoms with Gasteiger partial charge in [-0.05, 0) is 37.3 Å². The molecule has 0 amide bonds. The molecule has 0 unspecified atom stereocenters. The van der Waals surface area contributed by atoms with Crippen molar-refractivity contribution in [1.29, 1.82) is 0 Å². The molecule has 0 aromatic heterocycles. The molecule has 0 saturated carbocycles. The zero-order chi connectivity index (χ0) is 19.6. The maximum atomic E-state index is 14.4. The standard InChI is InChI=1S/C20H12Cl3FO3/c1-11-2-4-12(5-3-11)27-20(25)14-9-17(23)19(10-18(14)24)26-13-6-7-15(21)16(22)8-13/h2-10H,1H3. The smallest absolute Gasteiger partial charge is 0.346 e. The number of ether oxygens (including phenoxy) is 2. The molecule has 0 saturated heterocycles. The first-order chi connectivity index (χ1) is 12.8. The van der Waals surface area contributed by atoms with E-state index in [1.54, 1.807) is 30.3 Å². The van der Waals surface area contributed by atoms with Crippen LogP contribution in [0.2, 0.25) is 15.1 Å². The van der Waals surface area contributed by atoms with E-state index in [0.717, 1.165) is 17.7 Å². The van der Waals surface area contributed by atoms with Crippen molar-refractivity contribution >= 4 is 40.8 Å². The molecule has 27 heavy (non-hydrogen) atoms. The lowest BCUT2D eigenvalue weighted by atomic mass is 10.2. The van der Waals surface area contributed by atoms with Gasteiger partial charge in [-0.1, -0.05) is 52.5 Å². The van der Waals surface area contributed by atoms with Crippen molar-refractivity contribution in [2.75, 3.05) is 0 Å². The van der Waals surface area contributed by atoms with Crippen LogP contribution in [0.15, 0.2) is 54.6 Å². The second-order valence-corrected chi connectivity index (χ2v) is 6.86. The van der Waals surface area contributed by atoms with Crippen molar-refractivity contribution in [2.24, 2.45) is 0 Å². The molecule has 138 valence electrons. The first-order valence-corrected chi connectivity index (χ1v) is 8.87. The lowest BCUT2D eigenvalue weighted by molar-refractivity contribution is 0.0730. The van der Waals surface area contributed by atoms with Crippen molar-refractivity contribution in [1.82, 2.24) is 0 Å². The van der Waals surface area contributed by atoms with Crippen LogP contribution in [0, 0.1) is 12.7 Å². The van der Waals surface area contributed by atoms with E-state index in [2.05, 4.69) is 0 Å². The van der Waals surface area contributed by atoms with E-state index in [9.17, 15) is 9.18 Å². The van der Waals surface area contributed by atoms with Crippen LogP contribution in [0.1, 0.15) is 15.9 Å². The zero-order valence-electron chi connectivity index (χ0n) is 13.9. The quantitative estimate of drug-likeness (QED) is 0.330. The third-order valence-electron chi connectivity index (χ3n) is 3.59. The van der Waals surface area contributed by atoms with Gasteiger partial charge in [0.05, 0.1) is 20.6 Å².